The first-order chi connectivity index (χ1) is 6.22. The average Bonchev–Trinajstić information content (AvgIpc) is 2.18. The Hall–Kier alpha value is -0.790. The van der Waals surface area contributed by atoms with Crippen LogP contribution in [-0.2, 0) is 9.53 Å². The molecule has 13 heavy (non-hydrogen) atoms. The van der Waals surface area contributed by atoms with Crippen molar-refractivity contribution < 1.29 is 9.53 Å². The van der Waals surface area contributed by atoms with Crippen LogP contribution in [0, 0.1) is 6.92 Å². The van der Waals surface area contributed by atoms with Gasteiger partial charge in [0.15, 0.2) is 0 Å². The maximum Gasteiger partial charge on any atom is 0.330 e. The summed E-state index contributed by atoms with van der Waals surface area (Å²) in [5.74, 6) is -0.358. The summed E-state index contributed by atoms with van der Waals surface area (Å²) in [4.78, 5) is 10.3. The number of hydrogen-bond acceptors (Lipinski definition) is 2. The highest BCUT2D eigenvalue weighted by molar-refractivity contribution is 5.81. The van der Waals surface area contributed by atoms with Gasteiger partial charge in [-0.1, -0.05) is 46.6 Å². The monoisotopic (exact) mass is 185 g/mol. The Labute approximate surface area is 82.0 Å². The second-order valence-electron chi connectivity index (χ2n) is 2.58. The molecule has 0 aliphatic heterocycles. The average molecular weight is 185 g/mol. The molecule has 0 fully saturated rings. The van der Waals surface area contributed by atoms with Crippen LogP contribution in [0.1, 0.15) is 39.5 Å². The fraction of sp³-hybridized carbons (Fsp3) is 0.636. The van der Waals surface area contributed by atoms with Crippen molar-refractivity contribution in [1.29, 1.82) is 0 Å². The zero-order valence-corrected chi connectivity index (χ0v) is 8.84. The van der Waals surface area contributed by atoms with E-state index < -0.39 is 0 Å². The Morgan fingerprint density at radius 1 is 1.38 bits per heavy atom. The van der Waals surface area contributed by atoms with Gasteiger partial charge >= 0.3 is 5.97 Å². The largest absolute Gasteiger partial charge is 0.463 e. The fourth-order valence-corrected chi connectivity index (χ4v) is 0.334. The Balaban J connectivity index is 0. The molecule has 0 heterocycles. The highest BCUT2D eigenvalue weighted by Crippen LogP contribution is 1.87. The SMILES string of the molecule is CCCC.[CH2]CCCOC(=O)C=C. The van der Waals surface area contributed by atoms with Crippen LogP contribution in [0.15, 0.2) is 12.7 Å². The zero-order chi connectivity index (χ0) is 10.5. The predicted molar refractivity (Wildman–Crippen MR) is 56.3 cm³/mol. The van der Waals surface area contributed by atoms with Crippen molar-refractivity contribution in [2.45, 2.75) is 39.5 Å². The smallest absolute Gasteiger partial charge is 0.330 e. The summed E-state index contributed by atoms with van der Waals surface area (Å²) in [5, 5.41) is 0. The first-order valence-electron chi connectivity index (χ1n) is 4.81. The Kier molecular flexibility index (Phi) is 15.6. The van der Waals surface area contributed by atoms with E-state index in [4.69, 9.17) is 0 Å². The molecular formula is C11H21O2. The summed E-state index contributed by atoms with van der Waals surface area (Å²) >= 11 is 0. The fourth-order valence-electron chi connectivity index (χ4n) is 0.334. The lowest BCUT2D eigenvalue weighted by molar-refractivity contribution is -0.137. The minimum Gasteiger partial charge on any atom is -0.463 e. The van der Waals surface area contributed by atoms with Crippen molar-refractivity contribution in [3.05, 3.63) is 19.6 Å². The molecule has 0 aromatic rings. The highest BCUT2D eigenvalue weighted by Gasteiger charge is 1.91. The summed E-state index contributed by atoms with van der Waals surface area (Å²) in [5.41, 5.74) is 0. The number of unbranched alkanes of at least 4 members (excludes halogenated alkanes) is 2. The molecule has 2 heteroatoms. The molecule has 0 aromatic heterocycles. The lowest BCUT2D eigenvalue weighted by Crippen LogP contribution is -2.00. The summed E-state index contributed by atoms with van der Waals surface area (Å²) in [6, 6.07) is 0. The van der Waals surface area contributed by atoms with Gasteiger partial charge in [0.1, 0.15) is 0 Å². The van der Waals surface area contributed by atoms with Crippen LogP contribution < -0.4 is 0 Å². The van der Waals surface area contributed by atoms with Crippen LogP contribution in [0.5, 0.6) is 0 Å². The predicted octanol–water partition coefficient (Wildman–Crippen LogP) is 3.14. The quantitative estimate of drug-likeness (QED) is 0.373. The van der Waals surface area contributed by atoms with Gasteiger partial charge in [-0.05, 0) is 6.42 Å². The summed E-state index contributed by atoms with van der Waals surface area (Å²) in [6.45, 7) is 11.7. The molecule has 0 N–H and O–H groups in total. The van der Waals surface area contributed by atoms with Crippen LogP contribution in [-0.4, -0.2) is 12.6 Å². The van der Waals surface area contributed by atoms with Crippen LogP contribution in [0.3, 0.4) is 0 Å². The molecule has 0 aliphatic carbocycles. The summed E-state index contributed by atoms with van der Waals surface area (Å²) in [7, 11) is 0. The van der Waals surface area contributed by atoms with E-state index in [0.29, 0.717) is 6.61 Å². The normalized spacial score (nSPS) is 8.23. The van der Waals surface area contributed by atoms with E-state index in [1.807, 2.05) is 0 Å². The van der Waals surface area contributed by atoms with Crippen LogP contribution in [0.2, 0.25) is 0 Å². The Morgan fingerprint density at radius 2 is 1.92 bits per heavy atom. The van der Waals surface area contributed by atoms with Gasteiger partial charge < -0.3 is 4.74 Å². The second-order valence-corrected chi connectivity index (χ2v) is 2.58. The van der Waals surface area contributed by atoms with E-state index in [2.05, 4.69) is 32.1 Å². The minimum atomic E-state index is -0.358. The van der Waals surface area contributed by atoms with Crippen LogP contribution in [0.4, 0.5) is 0 Å². The van der Waals surface area contributed by atoms with Gasteiger partial charge in [-0.2, -0.15) is 0 Å². The number of esters is 1. The number of carbonyl (C=O) groups excluding carboxylic acids is 1. The highest BCUT2D eigenvalue weighted by atomic mass is 16.5. The molecule has 0 atom stereocenters. The third kappa shape index (κ3) is 18.3. The Bertz CT molecular complexity index is 117. The van der Waals surface area contributed by atoms with Crippen molar-refractivity contribution in [3.63, 3.8) is 0 Å². The van der Waals surface area contributed by atoms with Gasteiger partial charge in [-0.15, -0.1) is 0 Å². The minimum absolute atomic E-state index is 0.358. The van der Waals surface area contributed by atoms with Crippen molar-refractivity contribution in [2.24, 2.45) is 0 Å². The van der Waals surface area contributed by atoms with E-state index in [1.165, 1.54) is 12.8 Å². The summed E-state index contributed by atoms with van der Waals surface area (Å²) in [6.07, 6.45) is 5.41. The number of carbonyl (C=O) groups is 1. The van der Waals surface area contributed by atoms with Gasteiger partial charge in [0.05, 0.1) is 6.61 Å². The molecule has 0 bridgehead atoms. The molecule has 2 nitrogen and oxygen atoms in total. The van der Waals surface area contributed by atoms with E-state index in [-0.39, 0.29) is 5.97 Å². The molecule has 77 valence electrons. The molecule has 1 radical (unpaired) electrons. The maximum absolute atomic E-state index is 10.3. The molecule has 0 saturated carbocycles. The second kappa shape index (κ2) is 13.8. The molecule has 0 saturated heterocycles. The zero-order valence-electron chi connectivity index (χ0n) is 8.84. The first-order valence-corrected chi connectivity index (χ1v) is 4.81. The molecule has 0 aliphatic rings. The first kappa shape index (κ1) is 14.7. The van der Waals surface area contributed by atoms with Crippen molar-refractivity contribution in [1.82, 2.24) is 0 Å². The maximum atomic E-state index is 10.3. The van der Waals surface area contributed by atoms with Gasteiger partial charge in [0, 0.05) is 6.08 Å². The van der Waals surface area contributed by atoms with E-state index in [9.17, 15) is 4.79 Å². The van der Waals surface area contributed by atoms with Crippen molar-refractivity contribution in [2.75, 3.05) is 6.61 Å². The third-order valence-electron chi connectivity index (χ3n) is 1.31. The molecule has 0 amide bonds. The molecular weight excluding hydrogens is 164 g/mol. The van der Waals surface area contributed by atoms with Gasteiger partial charge in [-0.25, -0.2) is 4.79 Å². The third-order valence-corrected chi connectivity index (χ3v) is 1.31. The number of hydrogen-bond donors (Lipinski definition) is 0. The van der Waals surface area contributed by atoms with E-state index in [0.717, 1.165) is 18.9 Å². The lowest BCUT2D eigenvalue weighted by atomic mass is 10.4. The molecule has 0 spiro atoms. The van der Waals surface area contributed by atoms with Gasteiger partial charge in [0.25, 0.3) is 0 Å². The van der Waals surface area contributed by atoms with Crippen molar-refractivity contribution >= 4 is 5.97 Å². The van der Waals surface area contributed by atoms with Crippen LogP contribution in [0.25, 0.3) is 0 Å². The van der Waals surface area contributed by atoms with Gasteiger partial charge in [0.2, 0.25) is 0 Å². The standard InChI is InChI=1S/C7H11O2.C4H10/c1-3-5-6-9-7(8)4-2;1-3-4-2/h4H,1-3,5-6H2;3-4H2,1-2H3. The van der Waals surface area contributed by atoms with E-state index in [1.54, 1.807) is 0 Å². The van der Waals surface area contributed by atoms with Gasteiger partial charge in [-0.3, -0.25) is 0 Å². The molecule has 0 aromatic carbocycles. The van der Waals surface area contributed by atoms with Crippen molar-refractivity contribution in [3.8, 4) is 0 Å². The lowest BCUT2D eigenvalue weighted by Gasteiger charge is -1.97. The number of ether oxygens (including phenoxy) is 1. The van der Waals surface area contributed by atoms with E-state index >= 15 is 0 Å². The summed E-state index contributed by atoms with van der Waals surface area (Å²) < 4.78 is 4.63. The topological polar surface area (TPSA) is 26.3 Å². The molecule has 0 rings (SSSR count). The number of rotatable bonds is 5. The van der Waals surface area contributed by atoms with Crippen LogP contribution >= 0.6 is 0 Å². The molecule has 0 unspecified atom stereocenters. The Morgan fingerprint density at radius 3 is 2.23 bits per heavy atom.